The molecule has 0 radical (unpaired) electrons. The minimum atomic E-state index is -0.420. The molecule has 128 valence electrons. The van der Waals surface area contributed by atoms with Crippen LogP contribution in [0.4, 0.5) is 0 Å². The summed E-state index contributed by atoms with van der Waals surface area (Å²) in [7, 11) is 1.35. The summed E-state index contributed by atoms with van der Waals surface area (Å²) in [5.41, 5.74) is 2.97. The fourth-order valence-corrected chi connectivity index (χ4v) is 3.56. The molecule has 1 aliphatic rings. The van der Waals surface area contributed by atoms with E-state index in [9.17, 15) is 9.59 Å². The highest BCUT2D eigenvalue weighted by Crippen LogP contribution is 2.14. The number of H-pyrrole nitrogens is 1. The number of fused-ring (bicyclic) bond motifs is 1. The van der Waals surface area contributed by atoms with E-state index in [4.69, 9.17) is 4.74 Å². The van der Waals surface area contributed by atoms with E-state index in [-0.39, 0.29) is 5.43 Å². The average Bonchev–Trinajstić information content (AvgIpc) is 2.86. The molecule has 2 N–H and O–H groups in total. The zero-order valence-electron chi connectivity index (χ0n) is 14.4. The fourth-order valence-electron chi connectivity index (χ4n) is 3.56. The van der Waals surface area contributed by atoms with Gasteiger partial charge in [-0.3, -0.25) is 4.79 Å². The van der Waals surface area contributed by atoms with E-state index in [1.807, 2.05) is 6.92 Å². The van der Waals surface area contributed by atoms with Gasteiger partial charge in [-0.05, 0) is 50.8 Å². The molecule has 0 aliphatic carbocycles. The predicted molar refractivity (Wildman–Crippen MR) is 93.5 cm³/mol. The highest BCUT2D eigenvalue weighted by Gasteiger charge is 2.18. The molecule has 2 heterocycles. The normalized spacial score (nSPS) is 16.1. The lowest BCUT2D eigenvalue weighted by Crippen LogP contribution is -3.10. The Balaban J connectivity index is 2.00. The van der Waals surface area contributed by atoms with Gasteiger partial charge in [0.2, 0.25) is 0 Å². The number of carbonyl (C=O) groups is 1. The minimum absolute atomic E-state index is 0.0313. The molecule has 0 bridgehead atoms. The van der Waals surface area contributed by atoms with Gasteiger partial charge in [0.1, 0.15) is 6.54 Å². The number of aromatic amines is 1. The molecule has 0 atom stereocenters. The maximum Gasteiger partial charge on any atom is 0.337 e. The monoisotopic (exact) mass is 329 g/mol. The summed E-state index contributed by atoms with van der Waals surface area (Å²) in [6.45, 7) is 4.96. The van der Waals surface area contributed by atoms with E-state index in [1.54, 1.807) is 18.2 Å². The Morgan fingerprint density at radius 3 is 2.58 bits per heavy atom. The predicted octanol–water partition coefficient (Wildman–Crippen LogP) is 1.58. The number of esters is 1. The van der Waals surface area contributed by atoms with Crippen LogP contribution in [0.15, 0.2) is 23.0 Å². The number of rotatable bonds is 3. The standard InChI is InChI=1S/C19H24N2O3/c1-13-16(12-21-9-5-3-4-6-10-21)18(22)15-11-14(19(23)24-2)7-8-17(15)20-13/h7-8,11H,3-6,9-10,12H2,1-2H3,(H,20,22)/p+1. The Morgan fingerprint density at radius 1 is 1.21 bits per heavy atom. The van der Waals surface area contributed by atoms with E-state index >= 15 is 0 Å². The van der Waals surface area contributed by atoms with Crippen molar-refractivity contribution < 1.29 is 14.4 Å². The molecule has 1 saturated heterocycles. The number of nitrogens with one attached hydrogen (secondary N) is 2. The van der Waals surface area contributed by atoms with Crippen LogP contribution in [0.1, 0.15) is 47.3 Å². The van der Waals surface area contributed by atoms with Gasteiger partial charge in [-0.1, -0.05) is 0 Å². The Morgan fingerprint density at radius 2 is 1.92 bits per heavy atom. The van der Waals surface area contributed by atoms with E-state index in [0.29, 0.717) is 10.9 Å². The number of benzene rings is 1. The second kappa shape index (κ2) is 7.18. The molecule has 0 saturated carbocycles. The van der Waals surface area contributed by atoms with Crippen LogP contribution in [-0.4, -0.2) is 31.2 Å². The number of hydrogen-bond donors (Lipinski definition) is 2. The summed E-state index contributed by atoms with van der Waals surface area (Å²) in [4.78, 5) is 29.5. The zero-order chi connectivity index (χ0) is 17.1. The molecule has 1 fully saturated rings. The quantitative estimate of drug-likeness (QED) is 0.841. The molecule has 0 spiro atoms. The second-order valence-corrected chi connectivity index (χ2v) is 6.65. The van der Waals surface area contributed by atoms with Crippen LogP contribution < -0.4 is 10.3 Å². The molecule has 3 rings (SSSR count). The third kappa shape index (κ3) is 3.36. The number of methoxy groups -OCH3 is 1. The van der Waals surface area contributed by atoms with Crippen LogP contribution in [0.3, 0.4) is 0 Å². The Kier molecular flexibility index (Phi) is 5.00. The summed E-state index contributed by atoms with van der Waals surface area (Å²) in [6.07, 6.45) is 5.04. The number of carbonyl (C=O) groups excluding carboxylic acids is 1. The first-order valence-electron chi connectivity index (χ1n) is 8.67. The number of quaternary nitrogens is 1. The SMILES string of the molecule is COC(=O)c1ccc2[nH]c(C)c(C[NH+]3CCCCCC3)c(=O)c2c1. The number of pyridine rings is 1. The van der Waals surface area contributed by atoms with Crippen molar-refractivity contribution in [3.63, 3.8) is 0 Å². The van der Waals surface area contributed by atoms with Gasteiger partial charge in [-0.25, -0.2) is 4.79 Å². The number of aryl methyl sites for hydroxylation is 1. The van der Waals surface area contributed by atoms with Crippen LogP contribution in [0, 0.1) is 6.92 Å². The Hall–Kier alpha value is -2.14. The lowest BCUT2D eigenvalue weighted by atomic mass is 10.1. The van der Waals surface area contributed by atoms with Crippen molar-refractivity contribution in [3.05, 3.63) is 45.2 Å². The summed E-state index contributed by atoms with van der Waals surface area (Å²) in [5.74, 6) is -0.420. The molecule has 5 heteroatoms. The molecule has 1 aliphatic heterocycles. The first-order valence-corrected chi connectivity index (χ1v) is 8.67. The van der Waals surface area contributed by atoms with Gasteiger partial charge in [-0.2, -0.15) is 0 Å². The van der Waals surface area contributed by atoms with Crippen molar-refractivity contribution in [2.45, 2.75) is 39.2 Å². The maximum absolute atomic E-state index is 13.0. The van der Waals surface area contributed by atoms with Crippen LogP contribution in [-0.2, 0) is 11.3 Å². The number of hydrogen-bond acceptors (Lipinski definition) is 3. The lowest BCUT2D eigenvalue weighted by molar-refractivity contribution is -0.913. The van der Waals surface area contributed by atoms with Crippen molar-refractivity contribution in [3.8, 4) is 0 Å². The third-order valence-corrected chi connectivity index (χ3v) is 4.97. The Labute approximate surface area is 141 Å². The van der Waals surface area contributed by atoms with Crippen LogP contribution in [0.25, 0.3) is 10.9 Å². The van der Waals surface area contributed by atoms with Crippen LogP contribution >= 0.6 is 0 Å². The maximum atomic E-state index is 13.0. The fraction of sp³-hybridized carbons (Fsp3) is 0.474. The smallest absolute Gasteiger partial charge is 0.337 e. The van der Waals surface area contributed by atoms with Crippen molar-refractivity contribution in [1.82, 2.24) is 4.98 Å². The van der Waals surface area contributed by atoms with Crippen molar-refractivity contribution in [1.29, 1.82) is 0 Å². The molecule has 0 unspecified atom stereocenters. The summed E-state index contributed by atoms with van der Waals surface area (Å²) >= 11 is 0. The van der Waals surface area contributed by atoms with Crippen molar-refractivity contribution in [2.24, 2.45) is 0 Å². The van der Waals surface area contributed by atoms with Gasteiger partial charge in [-0.15, -0.1) is 0 Å². The number of aromatic nitrogens is 1. The molecule has 5 nitrogen and oxygen atoms in total. The van der Waals surface area contributed by atoms with Gasteiger partial charge >= 0.3 is 5.97 Å². The summed E-state index contributed by atoms with van der Waals surface area (Å²) in [5, 5.41) is 0.563. The highest BCUT2D eigenvalue weighted by molar-refractivity contribution is 5.94. The third-order valence-electron chi connectivity index (χ3n) is 4.97. The highest BCUT2D eigenvalue weighted by atomic mass is 16.5. The van der Waals surface area contributed by atoms with Crippen LogP contribution in [0.2, 0.25) is 0 Å². The van der Waals surface area contributed by atoms with Gasteiger partial charge in [0.15, 0.2) is 5.43 Å². The molecule has 1 aromatic carbocycles. The van der Waals surface area contributed by atoms with Crippen molar-refractivity contribution >= 4 is 16.9 Å². The molecular weight excluding hydrogens is 304 g/mol. The van der Waals surface area contributed by atoms with E-state index in [0.717, 1.165) is 36.4 Å². The van der Waals surface area contributed by atoms with E-state index < -0.39 is 5.97 Å². The molecule has 2 aromatic rings. The van der Waals surface area contributed by atoms with Gasteiger partial charge in [0.05, 0.1) is 31.3 Å². The van der Waals surface area contributed by atoms with E-state index in [2.05, 4.69) is 4.98 Å². The van der Waals surface area contributed by atoms with Crippen LogP contribution in [0.5, 0.6) is 0 Å². The topological polar surface area (TPSA) is 63.6 Å². The van der Waals surface area contributed by atoms with Gasteiger partial charge in [0, 0.05) is 16.6 Å². The average molecular weight is 329 g/mol. The first-order chi connectivity index (χ1) is 11.6. The van der Waals surface area contributed by atoms with E-state index in [1.165, 1.54) is 37.7 Å². The Bertz CT molecular complexity index is 802. The molecule has 24 heavy (non-hydrogen) atoms. The second-order valence-electron chi connectivity index (χ2n) is 6.65. The summed E-state index contributed by atoms with van der Waals surface area (Å²) < 4.78 is 4.76. The molecular formula is C19H25N2O3+. The van der Waals surface area contributed by atoms with Gasteiger partial charge in [0.25, 0.3) is 0 Å². The molecule has 1 aromatic heterocycles. The van der Waals surface area contributed by atoms with Gasteiger partial charge < -0.3 is 14.6 Å². The summed E-state index contributed by atoms with van der Waals surface area (Å²) in [6, 6.07) is 5.10. The minimum Gasteiger partial charge on any atom is -0.465 e. The number of ether oxygens (including phenoxy) is 1. The zero-order valence-corrected chi connectivity index (χ0v) is 14.4. The molecule has 0 amide bonds. The first kappa shape index (κ1) is 16.7. The van der Waals surface area contributed by atoms with Crippen molar-refractivity contribution in [2.75, 3.05) is 20.2 Å². The largest absolute Gasteiger partial charge is 0.465 e. The number of likely N-dealkylation sites (tertiary alicyclic amines) is 1. The lowest BCUT2D eigenvalue weighted by Gasteiger charge is -2.18.